The van der Waals surface area contributed by atoms with Gasteiger partial charge in [0.1, 0.15) is 12.4 Å². The molecule has 2 N–H and O–H groups in total. The normalized spacial score (nSPS) is 20.4. The van der Waals surface area contributed by atoms with E-state index in [-0.39, 0.29) is 30.7 Å². The summed E-state index contributed by atoms with van der Waals surface area (Å²) in [4.78, 5) is 14.8. The molecule has 0 bridgehead atoms. The van der Waals surface area contributed by atoms with Crippen LogP contribution in [0.25, 0.3) is 0 Å². The van der Waals surface area contributed by atoms with Crippen molar-refractivity contribution in [1.29, 1.82) is 0 Å². The number of amides is 1. The summed E-state index contributed by atoms with van der Waals surface area (Å²) in [6, 6.07) is 7.98. The second-order valence-electron chi connectivity index (χ2n) is 7.97. The molecule has 2 heterocycles. The maximum absolute atomic E-state index is 12.4. The number of hydrogen-bond acceptors (Lipinski definition) is 5. The van der Waals surface area contributed by atoms with Crippen LogP contribution in [0.15, 0.2) is 24.3 Å². The van der Waals surface area contributed by atoms with E-state index in [1.54, 1.807) is 0 Å². The Kier molecular flexibility index (Phi) is 13.4. The van der Waals surface area contributed by atoms with Crippen molar-refractivity contribution in [1.82, 2.24) is 15.5 Å². The van der Waals surface area contributed by atoms with Gasteiger partial charge >= 0.3 is 0 Å². The van der Waals surface area contributed by atoms with E-state index in [2.05, 4.69) is 22.5 Å². The number of morpholine rings is 1. The van der Waals surface area contributed by atoms with E-state index >= 15 is 0 Å². The number of ether oxygens (including phenoxy) is 2. The highest BCUT2D eigenvalue weighted by Crippen LogP contribution is 2.23. The molecule has 2 aliphatic heterocycles. The molecule has 0 aromatic heterocycles. The summed E-state index contributed by atoms with van der Waals surface area (Å²) in [5.41, 5.74) is 1.03. The third-order valence-electron chi connectivity index (χ3n) is 5.86. The predicted octanol–water partition coefficient (Wildman–Crippen LogP) is 2.88. The SMILES string of the molecule is CC(CC(=O)NCc1ccccc1OCCN1CCOCC1)C1CCCNC1.Cl.Cl. The lowest BCUT2D eigenvalue weighted by molar-refractivity contribution is -0.122. The highest BCUT2D eigenvalue weighted by molar-refractivity contribution is 5.85. The minimum absolute atomic E-state index is 0. The standard InChI is InChI=1S/C22H35N3O3.2ClH/c1-18(19-6-4-8-23-16-19)15-22(26)24-17-20-5-2-3-7-21(20)28-14-11-25-9-12-27-13-10-25;;/h2-3,5,7,18-19,23H,4,6,8-17H2,1H3,(H,24,26);2*1H. The number of hydrogen-bond donors (Lipinski definition) is 2. The van der Waals surface area contributed by atoms with Crippen molar-refractivity contribution < 1.29 is 14.3 Å². The van der Waals surface area contributed by atoms with Gasteiger partial charge in [-0.05, 0) is 43.8 Å². The average molecular weight is 462 g/mol. The molecule has 172 valence electrons. The molecule has 0 aliphatic carbocycles. The fourth-order valence-corrected chi connectivity index (χ4v) is 3.99. The van der Waals surface area contributed by atoms with E-state index in [1.165, 1.54) is 12.8 Å². The second kappa shape index (κ2) is 14.9. The molecule has 2 aliphatic rings. The molecule has 1 aromatic rings. The van der Waals surface area contributed by atoms with Gasteiger partial charge in [0.15, 0.2) is 0 Å². The fourth-order valence-electron chi connectivity index (χ4n) is 3.99. The first-order valence-electron chi connectivity index (χ1n) is 10.7. The predicted molar refractivity (Wildman–Crippen MR) is 125 cm³/mol. The molecule has 6 nitrogen and oxygen atoms in total. The van der Waals surface area contributed by atoms with E-state index < -0.39 is 0 Å². The molecule has 2 unspecified atom stereocenters. The first-order valence-corrected chi connectivity index (χ1v) is 10.7. The average Bonchev–Trinajstić information content (AvgIpc) is 2.74. The van der Waals surface area contributed by atoms with Gasteiger partial charge in [0.2, 0.25) is 5.91 Å². The van der Waals surface area contributed by atoms with E-state index in [0.29, 0.717) is 31.4 Å². The van der Waals surface area contributed by atoms with Crippen LogP contribution in [0.2, 0.25) is 0 Å². The zero-order chi connectivity index (χ0) is 19.6. The van der Waals surface area contributed by atoms with Crippen LogP contribution in [-0.2, 0) is 16.1 Å². The Morgan fingerprint density at radius 2 is 2.07 bits per heavy atom. The Morgan fingerprint density at radius 3 is 2.80 bits per heavy atom. The Morgan fingerprint density at radius 1 is 1.30 bits per heavy atom. The third kappa shape index (κ3) is 8.98. The molecule has 30 heavy (non-hydrogen) atoms. The van der Waals surface area contributed by atoms with Crippen LogP contribution in [0, 0.1) is 11.8 Å². The molecule has 8 heteroatoms. The van der Waals surface area contributed by atoms with Crippen LogP contribution >= 0.6 is 24.8 Å². The zero-order valence-electron chi connectivity index (χ0n) is 17.9. The van der Waals surface area contributed by atoms with Gasteiger partial charge in [-0.1, -0.05) is 25.1 Å². The lowest BCUT2D eigenvalue weighted by Crippen LogP contribution is -2.38. The molecule has 2 fully saturated rings. The Labute approximate surface area is 193 Å². The van der Waals surface area contributed by atoms with E-state index in [1.807, 2.05) is 24.3 Å². The highest BCUT2D eigenvalue weighted by Gasteiger charge is 2.22. The van der Waals surface area contributed by atoms with Crippen LogP contribution in [0.1, 0.15) is 31.7 Å². The van der Waals surface area contributed by atoms with Gasteiger partial charge in [-0.25, -0.2) is 0 Å². The van der Waals surface area contributed by atoms with Crippen molar-refractivity contribution in [2.75, 3.05) is 52.5 Å². The Bertz CT molecular complexity index is 609. The van der Waals surface area contributed by atoms with Gasteiger partial charge in [-0.2, -0.15) is 0 Å². The Hall–Kier alpha value is -1.05. The summed E-state index contributed by atoms with van der Waals surface area (Å²) in [6.07, 6.45) is 3.03. The van der Waals surface area contributed by atoms with Crippen molar-refractivity contribution in [2.45, 2.75) is 32.7 Å². The van der Waals surface area contributed by atoms with Crippen LogP contribution in [-0.4, -0.2) is 63.4 Å². The topological polar surface area (TPSA) is 62.8 Å². The van der Waals surface area contributed by atoms with E-state index in [4.69, 9.17) is 9.47 Å². The molecular formula is C22H37Cl2N3O3. The molecule has 2 atom stereocenters. The van der Waals surface area contributed by atoms with Gasteiger partial charge in [0.05, 0.1) is 13.2 Å². The lowest BCUT2D eigenvalue weighted by atomic mass is 9.85. The number of para-hydroxylation sites is 1. The summed E-state index contributed by atoms with van der Waals surface area (Å²) in [5, 5.41) is 6.52. The Balaban J connectivity index is 0.00000225. The molecule has 0 saturated carbocycles. The number of piperidine rings is 1. The van der Waals surface area contributed by atoms with E-state index in [0.717, 1.165) is 57.3 Å². The van der Waals surface area contributed by atoms with Crippen molar-refractivity contribution in [3.05, 3.63) is 29.8 Å². The fraction of sp³-hybridized carbons (Fsp3) is 0.682. The molecule has 0 spiro atoms. The molecule has 0 radical (unpaired) electrons. The van der Waals surface area contributed by atoms with Gasteiger partial charge < -0.3 is 20.1 Å². The van der Waals surface area contributed by atoms with Crippen LogP contribution < -0.4 is 15.4 Å². The number of carbonyl (C=O) groups is 1. The van der Waals surface area contributed by atoms with Crippen LogP contribution in [0.4, 0.5) is 0 Å². The third-order valence-corrected chi connectivity index (χ3v) is 5.86. The summed E-state index contributed by atoms with van der Waals surface area (Å²) >= 11 is 0. The molecule has 1 amide bonds. The minimum atomic E-state index is 0. The first-order chi connectivity index (χ1) is 13.7. The number of halogens is 2. The monoisotopic (exact) mass is 461 g/mol. The second-order valence-corrected chi connectivity index (χ2v) is 7.97. The first kappa shape index (κ1) is 27.0. The van der Waals surface area contributed by atoms with Crippen LogP contribution in [0.3, 0.4) is 0 Å². The lowest BCUT2D eigenvalue weighted by Gasteiger charge is -2.28. The molecule has 2 saturated heterocycles. The minimum Gasteiger partial charge on any atom is -0.492 e. The molecule has 3 rings (SSSR count). The van der Waals surface area contributed by atoms with Gasteiger partial charge in [0, 0.05) is 38.2 Å². The van der Waals surface area contributed by atoms with Crippen molar-refractivity contribution in [3.63, 3.8) is 0 Å². The summed E-state index contributed by atoms with van der Waals surface area (Å²) in [5.74, 6) is 2.00. The number of nitrogens with one attached hydrogen (secondary N) is 2. The maximum atomic E-state index is 12.4. The molecular weight excluding hydrogens is 425 g/mol. The summed E-state index contributed by atoms with van der Waals surface area (Å²) < 4.78 is 11.4. The van der Waals surface area contributed by atoms with Crippen molar-refractivity contribution in [2.24, 2.45) is 11.8 Å². The van der Waals surface area contributed by atoms with Gasteiger partial charge in [0.25, 0.3) is 0 Å². The number of carbonyl (C=O) groups excluding carboxylic acids is 1. The van der Waals surface area contributed by atoms with Crippen LogP contribution in [0.5, 0.6) is 5.75 Å². The molecule has 1 aromatic carbocycles. The van der Waals surface area contributed by atoms with Gasteiger partial charge in [-0.15, -0.1) is 24.8 Å². The summed E-state index contributed by atoms with van der Waals surface area (Å²) in [7, 11) is 0. The highest BCUT2D eigenvalue weighted by atomic mass is 35.5. The number of nitrogens with zero attached hydrogens (tertiary/aromatic N) is 1. The largest absolute Gasteiger partial charge is 0.492 e. The number of benzene rings is 1. The smallest absolute Gasteiger partial charge is 0.220 e. The maximum Gasteiger partial charge on any atom is 0.220 e. The number of rotatable bonds is 9. The van der Waals surface area contributed by atoms with Crippen molar-refractivity contribution >= 4 is 30.7 Å². The summed E-state index contributed by atoms with van der Waals surface area (Å²) in [6.45, 7) is 9.95. The quantitative estimate of drug-likeness (QED) is 0.591. The van der Waals surface area contributed by atoms with Gasteiger partial charge in [-0.3, -0.25) is 9.69 Å². The zero-order valence-corrected chi connectivity index (χ0v) is 19.6. The van der Waals surface area contributed by atoms with Crippen molar-refractivity contribution in [3.8, 4) is 5.75 Å². The van der Waals surface area contributed by atoms with E-state index in [9.17, 15) is 4.79 Å².